The third-order valence-electron chi connectivity index (χ3n) is 3.58. The quantitative estimate of drug-likeness (QED) is 0.669. The Morgan fingerprint density at radius 3 is 2.53 bits per heavy atom. The predicted octanol–water partition coefficient (Wildman–Crippen LogP) is 1.22. The fourth-order valence-corrected chi connectivity index (χ4v) is 4.31. The van der Waals surface area contributed by atoms with Crippen LogP contribution >= 0.6 is 0 Å². The van der Waals surface area contributed by atoms with Gasteiger partial charge in [0.25, 0.3) is 0 Å². The van der Waals surface area contributed by atoms with Gasteiger partial charge in [-0.05, 0) is 32.2 Å². The monoisotopic (exact) mass is 263 g/mol. The van der Waals surface area contributed by atoms with Crippen molar-refractivity contribution in [2.75, 3.05) is 32.3 Å². The summed E-state index contributed by atoms with van der Waals surface area (Å²) >= 11 is 0. The fraction of sp³-hybridized carbons (Fsp3) is 1.00. The SMILES string of the molecule is CNC(CS(=O)(=O)CCCOC)C1CCCC1. The van der Waals surface area contributed by atoms with E-state index in [4.69, 9.17) is 4.74 Å². The average Bonchev–Trinajstić information content (AvgIpc) is 2.79. The Balaban J connectivity index is 2.42. The van der Waals surface area contributed by atoms with Gasteiger partial charge in [0.1, 0.15) is 0 Å². The molecule has 1 atom stereocenters. The Bertz CT molecular complexity index is 297. The van der Waals surface area contributed by atoms with E-state index < -0.39 is 9.84 Å². The number of hydrogen-bond acceptors (Lipinski definition) is 4. The highest BCUT2D eigenvalue weighted by Gasteiger charge is 2.27. The smallest absolute Gasteiger partial charge is 0.151 e. The van der Waals surface area contributed by atoms with Crippen LogP contribution in [-0.2, 0) is 14.6 Å². The van der Waals surface area contributed by atoms with E-state index in [1.54, 1.807) is 7.11 Å². The summed E-state index contributed by atoms with van der Waals surface area (Å²) in [5.41, 5.74) is 0. The van der Waals surface area contributed by atoms with Crippen LogP contribution in [0.2, 0.25) is 0 Å². The van der Waals surface area contributed by atoms with Crippen LogP contribution in [0, 0.1) is 5.92 Å². The maximum absolute atomic E-state index is 11.9. The van der Waals surface area contributed by atoms with E-state index in [1.807, 2.05) is 7.05 Å². The van der Waals surface area contributed by atoms with E-state index in [1.165, 1.54) is 25.7 Å². The van der Waals surface area contributed by atoms with Crippen molar-refractivity contribution in [1.29, 1.82) is 0 Å². The van der Waals surface area contributed by atoms with Crippen LogP contribution in [0.1, 0.15) is 32.1 Å². The summed E-state index contributed by atoms with van der Waals surface area (Å²) in [6, 6.07) is 0.130. The lowest BCUT2D eigenvalue weighted by atomic mass is 10.0. The van der Waals surface area contributed by atoms with Crippen molar-refractivity contribution in [3.05, 3.63) is 0 Å². The van der Waals surface area contributed by atoms with Crippen LogP contribution < -0.4 is 5.32 Å². The maximum atomic E-state index is 11.9. The first-order valence-electron chi connectivity index (χ1n) is 6.45. The highest BCUT2D eigenvalue weighted by molar-refractivity contribution is 7.91. The van der Waals surface area contributed by atoms with Crippen molar-refractivity contribution >= 4 is 9.84 Å². The van der Waals surface area contributed by atoms with Gasteiger partial charge in [0.2, 0.25) is 0 Å². The van der Waals surface area contributed by atoms with Crippen molar-refractivity contribution in [2.45, 2.75) is 38.1 Å². The van der Waals surface area contributed by atoms with E-state index in [0.29, 0.717) is 18.9 Å². The minimum Gasteiger partial charge on any atom is -0.385 e. The van der Waals surface area contributed by atoms with Gasteiger partial charge in [0.05, 0.1) is 11.5 Å². The van der Waals surface area contributed by atoms with Crippen LogP contribution in [0.3, 0.4) is 0 Å². The summed E-state index contributed by atoms with van der Waals surface area (Å²) in [4.78, 5) is 0. The van der Waals surface area contributed by atoms with E-state index in [9.17, 15) is 8.42 Å². The summed E-state index contributed by atoms with van der Waals surface area (Å²) in [6.07, 6.45) is 5.41. The van der Waals surface area contributed by atoms with Crippen molar-refractivity contribution in [3.8, 4) is 0 Å². The molecule has 0 aromatic rings. The van der Waals surface area contributed by atoms with Gasteiger partial charge in [-0.25, -0.2) is 8.42 Å². The van der Waals surface area contributed by atoms with Gasteiger partial charge < -0.3 is 10.1 Å². The highest BCUT2D eigenvalue weighted by atomic mass is 32.2. The lowest BCUT2D eigenvalue weighted by Gasteiger charge is -2.22. The summed E-state index contributed by atoms with van der Waals surface area (Å²) < 4.78 is 28.8. The molecule has 0 saturated heterocycles. The molecule has 4 nitrogen and oxygen atoms in total. The summed E-state index contributed by atoms with van der Waals surface area (Å²) in [7, 11) is 0.522. The molecule has 17 heavy (non-hydrogen) atoms. The van der Waals surface area contributed by atoms with Crippen LogP contribution in [0.5, 0.6) is 0 Å². The Hall–Kier alpha value is -0.130. The van der Waals surface area contributed by atoms with E-state index in [-0.39, 0.29) is 17.5 Å². The summed E-state index contributed by atoms with van der Waals surface area (Å²) in [5, 5.41) is 3.18. The minimum atomic E-state index is -2.95. The maximum Gasteiger partial charge on any atom is 0.151 e. The molecule has 102 valence electrons. The molecule has 0 radical (unpaired) electrons. The van der Waals surface area contributed by atoms with Crippen LogP contribution in [0.25, 0.3) is 0 Å². The standard InChI is InChI=1S/C12H25NO3S/c1-13-12(11-6-3-4-7-11)10-17(14,15)9-5-8-16-2/h11-13H,3-10H2,1-2H3. The Morgan fingerprint density at radius 1 is 1.35 bits per heavy atom. The van der Waals surface area contributed by atoms with Gasteiger partial charge in [-0.3, -0.25) is 0 Å². The molecule has 5 heteroatoms. The minimum absolute atomic E-state index is 0.130. The summed E-state index contributed by atoms with van der Waals surface area (Å²) in [6.45, 7) is 0.521. The van der Waals surface area contributed by atoms with Crippen molar-refractivity contribution in [3.63, 3.8) is 0 Å². The molecule has 0 spiro atoms. The number of rotatable bonds is 8. The normalized spacial score (nSPS) is 19.6. The number of ether oxygens (including phenoxy) is 1. The molecule has 1 unspecified atom stereocenters. The zero-order chi connectivity index (χ0) is 12.7. The topological polar surface area (TPSA) is 55.4 Å². The first-order chi connectivity index (χ1) is 8.09. The van der Waals surface area contributed by atoms with Crippen molar-refractivity contribution in [2.24, 2.45) is 5.92 Å². The van der Waals surface area contributed by atoms with Crippen LogP contribution in [0.15, 0.2) is 0 Å². The third-order valence-corrected chi connectivity index (χ3v) is 5.35. The highest BCUT2D eigenvalue weighted by Crippen LogP contribution is 2.28. The van der Waals surface area contributed by atoms with E-state index >= 15 is 0 Å². The van der Waals surface area contributed by atoms with Crippen molar-refractivity contribution < 1.29 is 13.2 Å². The Kier molecular flexibility index (Phi) is 6.44. The number of sulfone groups is 1. The lowest BCUT2D eigenvalue weighted by molar-refractivity contribution is 0.199. The first kappa shape index (κ1) is 14.9. The molecular formula is C12H25NO3S. The average molecular weight is 263 g/mol. The van der Waals surface area contributed by atoms with Gasteiger partial charge in [-0.15, -0.1) is 0 Å². The third kappa shape index (κ3) is 5.36. The Labute approximate surface area is 105 Å². The zero-order valence-electron chi connectivity index (χ0n) is 10.9. The largest absolute Gasteiger partial charge is 0.385 e. The van der Waals surface area contributed by atoms with Crippen molar-refractivity contribution in [1.82, 2.24) is 5.32 Å². The van der Waals surface area contributed by atoms with Gasteiger partial charge >= 0.3 is 0 Å². The molecule has 1 aliphatic carbocycles. The van der Waals surface area contributed by atoms with Gasteiger partial charge in [0.15, 0.2) is 9.84 Å². The molecule has 1 aliphatic rings. The number of nitrogens with one attached hydrogen (secondary N) is 1. The second kappa shape index (κ2) is 7.34. The Morgan fingerprint density at radius 2 is 2.00 bits per heavy atom. The first-order valence-corrected chi connectivity index (χ1v) is 8.28. The molecule has 0 aliphatic heterocycles. The van der Waals surface area contributed by atoms with Crippen LogP contribution in [0.4, 0.5) is 0 Å². The van der Waals surface area contributed by atoms with Crippen LogP contribution in [-0.4, -0.2) is 46.7 Å². The lowest BCUT2D eigenvalue weighted by Crippen LogP contribution is -2.39. The van der Waals surface area contributed by atoms with Gasteiger partial charge in [-0.1, -0.05) is 12.8 Å². The zero-order valence-corrected chi connectivity index (χ0v) is 11.8. The molecule has 1 saturated carbocycles. The van der Waals surface area contributed by atoms with Gasteiger partial charge in [-0.2, -0.15) is 0 Å². The predicted molar refractivity (Wildman–Crippen MR) is 70.0 cm³/mol. The fourth-order valence-electron chi connectivity index (χ4n) is 2.59. The molecule has 1 rings (SSSR count). The number of methoxy groups -OCH3 is 1. The number of hydrogen-bond donors (Lipinski definition) is 1. The molecule has 0 bridgehead atoms. The summed E-state index contributed by atoms with van der Waals surface area (Å²) in [5.74, 6) is 1.06. The second-order valence-corrected chi connectivity index (χ2v) is 7.13. The second-order valence-electron chi connectivity index (χ2n) is 4.90. The molecule has 1 N–H and O–H groups in total. The van der Waals surface area contributed by atoms with E-state index in [0.717, 1.165) is 0 Å². The van der Waals surface area contributed by atoms with Gasteiger partial charge in [0, 0.05) is 19.8 Å². The molecule has 0 aromatic carbocycles. The molecule has 0 amide bonds. The molecular weight excluding hydrogens is 238 g/mol. The van der Waals surface area contributed by atoms with E-state index in [2.05, 4.69) is 5.32 Å². The molecule has 1 fully saturated rings. The molecule has 0 heterocycles. The molecule has 0 aromatic heterocycles.